The predicted molar refractivity (Wildman–Crippen MR) is 166 cm³/mol. The van der Waals surface area contributed by atoms with E-state index in [2.05, 4.69) is 72.3 Å². The van der Waals surface area contributed by atoms with Crippen molar-refractivity contribution in [3.8, 4) is 45.3 Å². The van der Waals surface area contributed by atoms with Gasteiger partial charge in [-0.3, -0.25) is 4.72 Å². The van der Waals surface area contributed by atoms with Crippen LogP contribution in [0.4, 0.5) is 0 Å². The molecule has 7 nitrogen and oxygen atoms in total. The lowest BCUT2D eigenvalue weighted by molar-refractivity contribution is 0.672. The van der Waals surface area contributed by atoms with Gasteiger partial charge in [0.1, 0.15) is 11.6 Å². The summed E-state index contributed by atoms with van der Waals surface area (Å²) >= 11 is 0. The number of hydrogen-bond donors (Lipinski definition) is 4. The third-order valence-corrected chi connectivity index (χ3v) is 9.44. The lowest BCUT2D eigenvalue weighted by Crippen LogP contribution is -2.22. The first kappa shape index (κ1) is 26.8. The number of nitrogens with one attached hydrogen (secondary N) is 4. The number of aromatic nitrogens is 4. The fraction of sp³-hybridized carbons (Fsp3) is 0.133. The van der Waals surface area contributed by atoms with Crippen LogP contribution in [0.5, 0.6) is 0 Å². The van der Waals surface area contributed by atoms with Crippen LogP contribution in [0.15, 0.2) is 95.0 Å². The molecule has 0 radical (unpaired) electrons. The van der Waals surface area contributed by atoms with Crippen molar-refractivity contribution in [2.24, 2.45) is 0 Å². The molecule has 5 rings (SSSR count). The zero-order valence-electron chi connectivity index (χ0n) is 22.0. The number of benzene rings is 3. The molecule has 0 bridgehead atoms. The van der Waals surface area contributed by atoms with Gasteiger partial charge in [0.2, 0.25) is 0 Å². The molecule has 9 heteroatoms. The predicted octanol–water partition coefficient (Wildman–Crippen LogP) is 5.98. The Labute approximate surface area is 232 Å². The van der Waals surface area contributed by atoms with Gasteiger partial charge < -0.3 is 9.97 Å². The Morgan fingerprint density at radius 3 is 1.97 bits per heavy atom. The summed E-state index contributed by atoms with van der Waals surface area (Å²) in [5.41, 5.74) is 5.65. The Kier molecular flexibility index (Phi) is 7.94. The highest BCUT2D eigenvalue weighted by Crippen LogP contribution is 2.30. The van der Waals surface area contributed by atoms with Gasteiger partial charge in [0, 0.05) is 45.1 Å². The van der Waals surface area contributed by atoms with Crippen LogP contribution in [-0.2, 0) is 9.71 Å². The van der Waals surface area contributed by atoms with E-state index in [4.69, 9.17) is 0 Å². The summed E-state index contributed by atoms with van der Waals surface area (Å²) in [6.07, 6.45) is 3.66. The lowest BCUT2D eigenvalue weighted by Gasteiger charge is -2.10. The molecule has 0 aliphatic heterocycles. The molecular weight excluding hydrogens is 525 g/mol. The molecule has 0 aliphatic carbocycles. The average molecular weight is 557 g/mol. The number of imidazole rings is 2. The smallest absolute Gasteiger partial charge is 0.137 e. The maximum Gasteiger partial charge on any atom is 0.137 e. The van der Waals surface area contributed by atoms with Crippen molar-refractivity contribution in [3.63, 3.8) is 0 Å². The van der Waals surface area contributed by atoms with Crippen LogP contribution in [-0.4, -0.2) is 49.0 Å². The molecule has 0 amide bonds. The van der Waals surface area contributed by atoms with Crippen LogP contribution < -0.4 is 9.44 Å². The highest BCUT2D eigenvalue weighted by Gasteiger charge is 2.12. The minimum atomic E-state index is -2.55. The van der Waals surface area contributed by atoms with Crippen molar-refractivity contribution in [3.05, 3.63) is 85.2 Å². The maximum atomic E-state index is 12.9. The lowest BCUT2D eigenvalue weighted by atomic mass is 10.1. The van der Waals surface area contributed by atoms with Crippen LogP contribution in [0.3, 0.4) is 0 Å². The Balaban J connectivity index is 1.40. The summed E-state index contributed by atoms with van der Waals surface area (Å²) in [7, 11) is -2.81. The van der Waals surface area contributed by atoms with Gasteiger partial charge in [-0.2, -0.15) is 0 Å². The summed E-state index contributed by atoms with van der Waals surface area (Å²) < 4.78 is 19.2. The molecule has 4 N–H and O–H groups in total. The van der Waals surface area contributed by atoms with Gasteiger partial charge in [-0.05, 0) is 36.2 Å². The van der Waals surface area contributed by atoms with Gasteiger partial charge in [-0.25, -0.2) is 18.9 Å². The molecular formula is C30H32N6OS2. The number of rotatable bonds is 10. The third kappa shape index (κ3) is 5.97. The van der Waals surface area contributed by atoms with Gasteiger partial charge >= 0.3 is 0 Å². The first-order valence-electron chi connectivity index (χ1n) is 12.7. The SMILES string of the molecule is C=S(NCC)c1cccc(-c2cnc(-c3cccc(-c4ncc(-c5cccc(S(=C)(=O)NCC)c5)[nH]4)c3)[nH]2)c1. The summed E-state index contributed by atoms with van der Waals surface area (Å²) in [5, 5.41) is 0. The topological polar surface area (TPSA) is 98.5 Å². The standard InChI is InChI=1S/C30H32N6OS2/c1-5-33-38(3)25-14-8-10-21(17-25)27-19-31-29(35-27)23-12-7-13-24(16-23)30-32-20-28(36-30)22-11-9-15-26(18-22)39(4,37)34-6-2/h7-20,33H,3-6H2,1-2H3,(H,31,35)(H,32,36)(H,34,37). The number of hydrogen-bond acceptors (Lipinski definition) is 4. The number of H-pyrrole nitrogens is 2. The van der Waals surface area contributed by atoms with E-state index in [1.807, 2.05) is 61.7 Å². The highest BCUT2D eigenvalue weighted by molar-refractivity contribution is 8.12. The Bertz CT molecular complexity index is 1740. The number of aromatic amines is 2. The monoisotopic (exact) mass is 556 g/mol. The molecule has 0 saturated carbocycles. The zero-order valence-corrected chi connectivity index (χ0v) is 23.7. The van der Waals surface area contributed by atoms with Gasteiger partial charge in [0.25, 0.3) is 0 Å². The normalized spacial score (nSPS) is 13.7. The Morgan fingerprint density at radius 1 is 0.795 bits per heavy atom. The molecule has 2 aromatic heterocycles. The first-order chi connectivity index (χ1) is 18.9. The van der Waals surface area contributed by atoms with E-state index in [1.165, 1.54) is 0 Å². The van der Waals surface area contributed by atoms with E-state index in [0.717, 1.165) is 56.7 Å². The zero-order chi connectivity index (χ0) is 27.4. The summed E-state index contributed by atoms with van der Waals surface area (Å²) in [5.74, 6) is 9.63. The number of nitrogens with zero attached hydrogens (tertiary/aromatic N) is 2. The Hall–Kier alpha value is -3.76. The fourth-order valence-electron chi connectivity index (χ4n) is 4.30. The molecule has 39 heavy (non-hydrogen) atoms. The maximum absolute atomic E-state index is 12.9. The third-order valence-electron chi connectivity index (χ3n) is 6.21. The van der Waals surface area contributed by atoms with Crippen molar-refractivity contribution in [2.75, 3.05) is 13.1 Å². The van der Waals surface area contributed by atoms with Crippen LogP contribution in [0.2, 0.25) is 0 Å². The van der Waals surface area contributed by atoms with Crippen molar-refractivity contribution in [2.45, 2.75) is 23.6 Å². The van der Waals surface area contributed by atoms with Crippen LogP contribution in [0.1, 0.15) is 13.8 Å². The molecule has 2 unspecified atom stereocenters. The van der Waals surface area contributed by atoms with Crippen LogP contribution in [0.25, 0.3) is 45.3 Å². The van der Waals surface area contributed by atoms with E-state index in [9.17, 15) is 4.21 Å². The second-order valence-electron chi connectivity index (χ2n) is 8.99. The molecule has 0 aliphatic rings. The first-order valence-corrected chi connectivity index (χ1v) is 15.8. The van der Waals surface area contributed by atoms with Crippen LogP contribution >= 0.6 is 10.7 Å². The second kappa shape index (κ2) is 11.5. The summed E-state index contributed by atoms with van der Waals surface area (Å²) in [6, 6.07) is 24.0. The van der Waals surface area contributed by atoms with Gasteiger partial charge in [0.05, 0.1) is 33.5 Å². The van der Waals surface area contributed by atoms with E-state index < -0.39 is 9.71 Å². The minimum Gasteiger partial charge on any atom is -0.338 e. The summed E-state index contributed by atoms with van der Waals surface area (Å²) in [4.78, 5) is 18.0. The van der Waals surface area contributed by atoms with E-state index >= 15 is 0 Å². The minimum absolute atomic E-state index is 0.255. The highest BCUT2D eigenvalue weighted by atomic mass is 32.2. The summed E-state index contributed by atoms with van der Waals surface area (Å²) in [6.45, 7) is 5.45. The molecule has 2 heterocycles. The van der Waals surface area contributed by atoms with Gasteiger partial charge in [-0.1, -0.05) is 72.9 Å². The van der Waals surface area contributed by atoms with Crippen LogP contribution in [0, 0.1) is 0 Å². The van der Waals surface area contributed by atoms with Crippen molar-refractivity contribution >= 4 is 32.1 Å². The fourth-order valence-corrected chi connectivity index (χ4v) is 6.58. The second-order valence-corrected chi connectivity index (χ2v) is 12.6. The van der Waals surface area contributed by atoms with Crippen molar-refractivity contribution < 1.29 is 4.21 Å². The van der Waals surface area contributed by atoms with E-state index in [-0.39, 0.29) is 10.7 Å². The average Bonchev–Trinajstić information content (AvgIpc) is 3.65. The molecule has 2 atom stereocenters. The molecule has 0 saturated heterocycles. The largest absolute Gasteiger partial charge is 0.338 e. The van der Waals surface area contributed by atoms with Crippen molar-refractivity contribution in [1.82, 2.24) is 29.4 Å². The molecule has 5 aromatic rings. The van der Waals surface area contributed by atoms with Gasteiger partial charge in [-0.15, -0.1) is 0 Å². The molecule has 0 spiro atoms. The molecule has 0 fully saturated rings. The quantitative estimate of drug-likeness (QED) is 0.159. The van der Waals surface area contributed by atoms with E-state index in [1.54, 1.807) is 6.20 Å². The molecule has 200 valence electrons. The van der Waals surface area contributed by atoms with Crippen molar-refractivity contribution in [1.29, 1.82) is 0 Å². The van der Waals surface area contributed by atoms with E-state index in [0.29, 0.717) is 11.4 Å². The van der Waals surface area contributed by atoms with Gasteiger partial charge in [0.15, 0.2) is 0 Å². The Morgan fingerprint density at radius 2 is 1.36 bits per heavy atom. The molecule has 3 aromatic carbocycles.